The summed E-state index contributed by atoms with van der Waals surface area (Å²) < 4.78 is 27.9. The van der Waals surface area contributed by atoms with E-state index in [1.165, 1.54) is 6.07 Å². The lowest BCUT2D eigenvalue weighted by Crippen LogP contribution is -2.30. The van der Waals surface area contributed by atoms with Crippen molar-refractivity contribution in [1.82, 2.24) is 4.90 Å². The number of hydrogen-bond donors (Lipinski definition) is 1. The average Bonchev–Trinajstić information content (AvgIpc) is 3.31. The van der Waals surface area contributed by atoms with Gasteiger partial charge in [0.2, 0.25) is 5.91 Å². The van der Waals surface area contributed by atoms with Crippen molar-refractivity contribution in [2.45, 2.75) is 42.2 Å². The summed E-state index contributed by atoms with van der Waals surface area (Å²) in [6, 6.07) is 16.5. The van der Waals surface area contributed by atoms with Gasteiger partial charge in [0.05, 0.1) is 25.8 Å². The quantitative estimate of drug-likeness (QED) is 0.315. The largest absolute Gasteiger partial charge is 0.343 e. The number of benzene rings is 3. The second-order valence-electron chi connectivity index (χ2n) is 10.0. The van der Waals surface area contributed by atoms with Gasteiger partial charge < -0.3 is 10.2 Å². The molecule has 1 aliphatic carbocycles. The van der Waals surface area contributed by atoms with Gasteiger partial charge in [0.15, 0.2) is 9.84 Å². The number of anilines is 1. The van der Waals surface area contributed by atoms with E-state index in [1.54, 1.807) is 48.5 Å². The minimum Gasteiger partial charge on any atom is -0.343 e. The van der Waals surface area contributed by atoms with Crippen molar-refractivity contribution < 1.29 is 18.0 Å². The van der Waals surface area contributed by atoms with E-state index in [1.807, 2.05) is 11.0 Å². The van der Waals surface area contributed by atoms with Crippen LogP contribution in [0.4, 0.5) is 5.69 Å². The van der Waals surface area contributed by atoms with E-state index >= 15 is 0 Å². The number of carbonyl (C=O) groups is 2. The molecule has 3 aromatic carbocycles. The lowest BCUT2D eigenvalue weighted by molar-refractivity contribution is -0.127. The first-order chi connectivity index (χ1) is 18.6. The molecule has 204 valence electrons. The average molecular weight is 606 g/mol. The number of nitrogens with one attached hydrogen (secondary N) is 1. The van der Waals surface area contributed by atoms with Crippen LogP contribution in [0.3, 0.4) is 0 Å². The molecule has 39 heavy (non-hydrogen) atoms. The molecule has 0 saturated carbocycles. The molecule has 1 N–H and O–H groups in total. The Bertz CT molecular complexity index is 1520. The van der Waals surface area contributed by atoms with Crippen molar-refractivity contribution in [2.75, 3.05) is 18.4 Å². The summed E-state index contributed by atoms with van der Waals surface area (Å²) in [6.07, 6.45) is 3.25. The Morgan fingerprint density at radius 3 is 2.44 bits per heavy atom. The minimum atomic E-state index is -3.81. The number of hydrogen-bond acceptors (Lipinski definition) is 4. The van der Waals surface area contributed by atoms with E-state index < -0.39 is 21.0 Å². The van der Waals surface area contributed by atoms with Gasteiger partial charge in [-0.3, -0.25) is 9.59 Å². The van der Waals surface area contributed by atoms with Crippen molar-refractivity contribution >= 4 is 62.1 Å². The zero-order chi connectivity index (χ0) is 27.7. The highest BCUT2D eigenvalue weighted by Gasteiger charge is 2.37. The van der Waals surface area contributed by atoms with E-state index in [-0.39, 0.29) is 32.3 Å². The van der Waals surface area contributed by atoms with E-state index in [0.29, 0.717) is 42.1 Å². The predicted octanol–water partition coefficient (Wildman–Crippen LogP) is 6.99. The zero-order valence-electron chi connectivity index (χ0n) is 21.0. The van der Waals surface area contributed by atoms with Crippen LogP contribution in [0.5, 0.6) is 0 Å². The SMILES string of the molecule is O=C(Nc1ccc2c(c1)C(S(=O)(=O)c1cccc(Cl)c1)CC(CCN1CCCC1=O)C2)c1c(Cl)cccc1Cl. The van der Waals surface area contributed by atoms with E-state index in [9.17, 15) is 18.0 Å². The maximum Gasteiger partial charge on any atom is 0.258 e. The summed E-state index contributed by atoms with van der Waals surface area (Å²) in [5, 5.41) is 2.77. The van der Waals surface area contributed by atoms with Crippen molar-refractivity contribution in [3.63, 3.8) is 0 Å². The van der Waals surface area contributed by atoms with Crippen LogP contribution in [-0.2, 0) is 21.1 Å². The Morgan fingerprint density at radius 2 is 1.74 bits per heavy atom. The number of amides is 2. The van der Waals surface area contributed by atoms with Gasteiger partial charge in [0.25, 0.3) is 5.91 Å². The lowest BCUT2D eigenvalue weighted by atomic mass is 9.81. The van der Waals surface area contributed by atoms with Gasteiger partial charge in [0, 0.05) is 30.2 Å². The summed E-state index contributed by atoms with van der Waals surface area (Å²) >= 11 is 18.6. The molecule has 1 fully saturated rings. The highest BCUT2D eigenvalue weighted by molar-refractivity contribution is 7.91. The van der Waals surface area contributed by atoms with E-state index in [2.05, 4.69) is 5.32 Å². The maximum atomic E-state index is 14.0. The molecule has 0 aromatic heterocycles. The van der Waals surface area contributed by atoms with Crippen LogP contribution in [0.2, 0.25) is 15.1 Å². The Balaban J connectivity index is 1.47. The molecule has 10 heteroatoms. The van der Waals surface area contributed by atoms with E-state index in [0.717, 1.165) is 24.9 Å². The van der Waals surface area contributed by atoms with Crippen LogP contribution >= 0.6 is 34.8 Å². The predicted molar refractivity (Wildman–Crippen MR) is 154 cm³/mol. The van der Waals surface area contributed by atoms with Crippen molar-refractivity contribution in [3.05, 3.63) is 92.4 Å². The maximum absolute atomic E-state index is 14.0. The van der Waals surface area contributed by atoms with Gasteiger partial charge in [-0.25, -0.2) is 8.42 Å². The van der Waals surface area contributed by atoms with Crippen LogP contribution in [0, 0.1) is 5.92 Å². The third kappa shape index (κ3) is 5.97. The molecule has 2 unspecified atom stereocenters. The van der Waals surface area contributed by atoms with Crippen LogP contribution in [-0.4, -0.2) is 38.2 Å². The lowest BCUT2D eigenvalue weighted by Gasteiger charge is -2.33. The molecule has 1 aliphatic heterocycles. The molecule has 0 bridgehead atoms. The van der Waals surface area contributed by atoms with Gasteiger partial charge in [0.1, 0.15) is 0 Å². The van der Waals surface area contributed by atoms with Gasteiger partial charge in [-0.05, 0) is 85.2 Å². The first kappa shape index (κ1) is 28.0. The fraction of sp³-hybridized carbons (Fsp3) is 0.310. The van der Waals surface area contributed by atoms with Crippen molar-refractivity contribution in [3.8, 4) is 0 Å². The summed E-state index contributed by atoms with van der Waals surface area (Å²) in [7, 11) is -3.81. The Kier molecular flexibility index (Phi) is 8.24. The van der Waals surface area contributed by atoms with Gasteiger partial charge in [-0.2, -0.15) is 0 Å². The monoisotopic (exact) mass is 604 g/mol. The molecule has 1 saturated heterocycles. The summed E-state index contributed by atoms with van der Waals surface area (Å²) in [4.78, 5) is 27.1. The molecule has 3 aromatic rings. The number of rotatable bonds is 7. The molecule has 2 atom stereocenters. The van der Waals surface area contributed by atoms with Crippen molar-refractivity contribution in [1.29, 1.82) is 0 Å². The zero-order valence-corrected chi connectivity index (χ0v) is 24.1. The molecule has 6 nitrogen and oxygen atoms in total. The Labute approximate surface area is 243 Å². The molecule has 2 amide bonds. The van der Waals surface area contributed by atoms with Crippen molar-refractivity contribution in [2.24, 2.45) is 5.92 Å². The summed E-state index contributed by atoms with van der Waals surface area (Å²) in [5.74, 6) is -0.246. The number of sulfone groups is 1. The fourth-order valence-corrected chi connectivity index (χ4v) is 8.28. The molecule has 1 heterocycles. The summed E-state index contributed by atoms with van der Waals surface area (Å²) in [5.41, 5.74) is 2.15. The topological polar surface area (TPSA) is 83.6 Å². The summed E-state index contributed by atoms with van der Waals surface area (Å²) in [6.45, 7) is 1.38. The highest BCUT2D eigenvalue weighted by Crippen LogP contribution is 2.43. The first-order valence-corrected chi connectivity index (χ1v) is 15.5. The van der Waals surface area contributed by atoms with Crippen LogP contribution < -0.4 is 5.32 Å². The first-order valence-electron chi connectivity index (χ1n) is 12.8. The molecule has 0 spiro atoms. The van der Waals surface area contributed by atoms with E-state index in [4.69, 9.17) is 34.8 Å². The fourth-order valence-electron chi connectivity index (χ4n) is 5.49. The second kappa shape index (κ2) is 11.5. The molecular weight excluding hydrogens is 579 g/mol. The minimum absolute atomic E-state index is 0.0761. The van der Waals surface area contributed by atoms with Gasteiger partial charge in [-0.15, -0.1) is 0 Å². The second-order valence-corrected chi connectivity index (χ2v) is 13.4. The Hall–Kier alpha value is -2.58. The molecule has 5 rings (SSSR count). The number of nitrogens with zero attached hydrogens (tertiary/aromatic N) is 1. The van der Waals surface area contributed by atoms with Gasteiger partial charge >= 0.3 is 0 Å². The molecular formula is C29H27Cl3N2O4S. The highest BCUT2D eigenvalue weighted by atomic mass is 35.5. The Morgan fingerprint density at radius 1 is 1.00 bits per heavy atom. The third-order valence-corrected chi connectivity index (χ3v) is 10.4. The van der Waals surface area contributed by atoms with Crippen LogP contribution in [0.1, 0.15) is 52.4 Å². The normalized spacial score (nSPS) is 19.2. The number of likely N-dealkylation sites (tertiary alicyclic amines) is 1. The third-order valence-electron chi connectivity index (χ3n) is 7.47. The van der Waals surface area contributed by atoms with Gasteiger partial charge in [-0.1, -0.05) is 53.0 Å². The number of halogens is 3. The standard InChI is InChI=1S/C29H27Cl3N2O4S/c30-20-4-1-5-22(16-20)39(37,38)26-15-18(11-13-34-12-3-8-27(34)35)14-19-9-10-21(17-23(19)26)33-29(36)28-24(31)6-2-7-25(28)32/h1-2,4-7,9-10,16-18,26H,3,8,11-15H2,(H,33,36). The van der Waals surface area contributed by atoms with Crippen LogP contribution in [0.25, 0.3) is 0 Å². The number of carbonyl (C=O) groups excluding carboxylic acids is 2. The molecule has 0 radical (unpaired) electrons. The smallest absolute Gasteiger partial charge is 0.258 e. The molecule has 2 aliphatic rings. The number of fused-ring (bicyclic) bond motifs is 1. The van der Waals surface area contributed by atoms with Crippen LogP contribution in [0.15, 0.2) is 65.6 Å².